The van der Waals surface area contributed by atoms with Crippen LogP contribution in [0.3, 0.4) is 0 Å². The maximum atomic E-state index is 11.8. The summed E-state index contributed by atoms with van der Waals surface area (Å²) in [5, 5.41) is 11.6. The topological polar surface area (TPSA) is 75.0 Å². The molecule has 1 N–H and O–H groups in total. The van der Waals surface area contributed by atoms with E-state index in [0.29, 0.717) is 17.0 Å². The number of nitrogens with zero attached hydrogens (tertiary/aromatic N) is 2. The van der Waals surface area contributed by atoms with Gasteiger partial charge in [0.25, 0.3) is 5.91 Å². The van der Waals surface area contributed by atoms with Crippen LogP contribution in [0.1, 0.15) is 11.3 Å². The summed E-state index contributed by atoms with van der Waals surface area (Å²) in [5.41, 5.74) is 1.78. The first-order valence-corrected chi connectivity index (χ1v) is 6.04. The van der Waals surface area contributed by atoms with Crippen LogP contribution >= 0.6 is 0 Å². The quantitative estimate of drug-likeness (QED) is 0.922. The van der Waals surface area contributed by atoms with E-state index in [9.17, 15) is 4.79 Å². The van der Waals surface area contributed by atoms with Gasteiger partial charge in [-0.3, -0.25) is 9.78 Å². The lowest BCUT2D eigenvalue weighted by Crippen LogP contribution is -2.21. The van der Waals surface area contributed by atoms with E-state index in [0.717, 1.165) is 5.69 Å². The normalized spacial score (nSPS) is 9.60. The molecule has 0 radical (unpaired) electrons. The zero-order chi connectivity index (χ0) is 14.4. The number of anilines is 1. The predicted octanol–water partition coefficient (Wildman–Crippen LogP) is 2.28. The Labute approximate surface area is 116 Å². The van der Waals surface area contributed by atoms with E-state index in [4.69, 9.17) is 10.00 Å². The first-order valence-electron chi connectivity index (χ1n) is 6.04. The van der Waals surface area contributed by atoms with E-state index in [1.807, 2.05) is 6.07 Å². The molecule has 2 aromatic rings. The Morgan fingerprint density at radius 2 is 2.15 bits per heavy atom. The van der Waals surface area contributed by atoms with Crippen molar-refractivity contribution in [2.75, 3.05) is 11.9 Å². The van der Waals surface area contributed by atoms with Crippen molar-refractivity contribution in [2.24, 2.45) is 0 Å². The number of hydrogen-bond donors (Lipinski definition) is 1. The van der Waals surface area contributed by atoms with E-state index in [2.05, 4.69) is 10.3 Å². The molecular weight excluding hydrogens is 254 g/mol. The lowest BCUT2D eigenvalue weighted by Gasteiger charge is -2.09. The molecule has 2 rings (SSSR count). The zero-order valence-electron chi connectivity index (χ0n) is 11.0. The molecule has 0 saturated carbocycles. The molecule has 0 spiro atoms. The molecule has 1 heterocycles. The Bertz CT molecular complexity index is 662. The molecule has 1 aromatic carbocycles. The number of nitrogens with one attached hydrogen (secondary N) is 1. The predicted molar refractivity (Wildman–Crippen MR) is 74.3 cm³/mol. The van der Waals surface area contributed by atoms with Crippen molar-refractivity contribution in [3.05, 3.63) is 53.9 Å². The van der Waals surface area contributed by atoms with Crippen LogP contribution in [-0.4, -0.2) is 17.5 Å². The van der Waals surface area contributed by atoms with Crippen molar-refractivity contribution in [2.45, 2.75) is 6.92 Å². The monoisotopic (exact) mass is 267 g/mol. The van der Waals surface area contributed by atoms with Gasteiger partial charge < -0.3 is 10.1 Å². The number of aryl methyl sites for hydroxylation is 1. The summed E-state index contributed by atoms with van der Waals surface area (Å²) in [7, 11) is 0. The van der Waals surface area contributed by atoms with Crippen molar-refractivity contribution < 1.29 is 9.53 Å². The highest BCUT2D eigenvalue weighted by atomic mass is 16.5. The molecule has 0 saturated heterocycles. The number of ether oxygens (including phenoxy) is 1. The number of hydrogen-bond acceptors (Lipinski definition) is 4. The van der Waals surface area contributed by atoms with Gasteiger partial charge in [-0.1, -0.05) is 12.1 Å². The number of rotatable bonds is 4. The first kappa shape index (κ1) is 13.6. The Morgan fingerprint density at radius 3 is 2.90 bits per heavy atom. The smallest absolute Gasteiger partial charge is 0.262 e. The third-order valence-electron chi connectivity index (χ3n) is 2.65. The van der Waals surface area contributed by atoms with Crippen molar-refractivity contribution in [1.82, 2.24) is 4.98 Å². The molecule has 0 atom stereocenters. The maximum absolute atomic E-state index is 11.8. The number of carbonyl (C=O) groups is 1. The fraction of sp³-hybridized carbons (Fsp3) is 0.133. The highest BCUT2D eigenvalue weighted by Gasteiger charge is 2.08. The third kappa shape index (κ3) is 3.33. The number of nitriles is 1. The molecule has 0 aliphatic carbocycles. The van der Waals surface area contributed by atoms with Gasteiger partial charge in [-0.25, -0.2) is 0 Å². The van der Waals surface area contributed by atoms with Crippen molar-refractivity contribution in [1.29, 1.82) is 5.26 Å². The molecule has 5 nitrogen and oxygen atoms in total. The van der Waals surface area contributed by atoms with Gasteiger partial charge in [-0.15, -0.1) is 0 Å². The second-order valence-electron chi connectivity index (χ2n) is 4.08. The first-order chi connectivity index (χ1) is 9.70. The summed E-state index contributed by atoms with van der Waals surface area (Å²) >= 11 is 0. The van der Waals surface area contributed by atoms with Crippen LogP contribution in [0.25, 0.3) is 0 Å². The van der Waals surface area contributed by atoms with E-state index in [-0.39, 0.29) is 12.5 Å². The van der Waals surface area contributed by atoms with Crippen LogP contribution in [0, 0.1) is 18.3 Å². The fourth-order valence-corrected chi connectivity index (χ4v) is 1.63. The Kier molecular flexibility index (Phi) is 4.30. The van der Waals surface area contributed by atoms with E-state index >= 15 is 0 Å². The largest absolute Gasteiger partial charge is 0.482 e. The van der Waals surface area contributed by atoms with Gasteiger partial charge in [-0.2, -0.15) is 5.26 Å². The van der Waals surface area contributed by atoms with Crippen LogP contribution in [0.2, 0.25) is 0 Å². The number of amides is 1. The summed E-state index contributed by atoms with van der Waals surface area (Å²) in [4.78, 5) is 15.9. The summed E-state index contributed by atoms with van der Waals surface area (Å²) in [6.45, 7) is 1.65. The van der Waals surface area contributed by atoms with E-state index < -0.39 is 0 Å². The number of pyridine rings is 1. The van der Waals surface area contributed by atoms with E-state index in [1.54, 1.807) is 49.5 Å². The van der Waals surface area contributed by atoms with Gasteiger partial charge in [0, 0.05) is 6.20 Å². The molecule has 1 amide bonds. The van der Waals surface area contributed by atoms with Crippen LogP contribution in [-0.2, 0) is 4.79 Å². The molecule has 5 heteroatoms. The maximum Gasteiger partial charge on any atom is 0.262 e. The van der Waals surface area contributed by atoms with Crippen LogP contribution in [0.15, 0.2) is 42.6 Å². The summed E-state index contributed by atoms with van der Waals surface area (Å²) in [6.07, 6.45) is 1.66. The fourth-order valence-electron chi connectivity index (χ4n) is 1.63. The molecule has 0 fully saturated rings. The number of para-hydroxylation sites is 1. The van der Waals surface area contributed by atoms with Crippen LogP contribution in [0.5, 0.6) is 5.75 Å². The number of carbonyl (C=O) groups excluding carboxylic acids is 1. The lowest BCUT2D eigenvalue weighted by atomic mass is 10.2. The minimum Gasteiger partial charge on any atom is -0.482 e. The number of aromatic nitrogens is 1. The molecular formula is C15H13N3O2. The summed E-state index contributed by atoms with van der Waals surface area (Å²) in [5.74, 6) is 0.0990. The standard InChI is InChI=1S/C15H13N3O2/c1-11-13(6-4-8-17-11)18-15(19)10-20-14-7-3-2-5-12(14)9-16/h2-8H,10H2,1H3,(H,18,19). The highest BCUT2D eigenvalue weighted by molar-refractivity contribution is 5.92. The van der Waals surface area contributed by atoms with Gasteiger partial charge >= 0.3 is 0 Å². The van der Waals surface area contributed by atoms with Crippen molar-refractivity contribution >= 4 is 11.6 Å². The molecule has 0 bridgehead atoms. The van der Waals surface area contributed by atoms with Gasteiger partial charge in [0.2, 0.25) is 0 Å². The molecule has 100 valence electrons. The lowest BCUT2D eigenvalue weighted by molar-refractivity contribution is -0.118. The Morgan fingerprint density at radius 1 is 1.35 bits per heavy atom. The highest BCUT2D eigenvalue weighted by Crippen LogP contribution is 2.16. The molecule has 20 heavy (non-hydrogen) atoms. The van der Waals surface area contributed by atoms with E-state index in [1.165, 1.54) is 0 Å². The van der Waals surface area contributed by atoms with Gasteiger partial charge in [-0.05, 0) is 31.2 Å². The minimum atomic E-state index is -0.297. The molecule has 0 aliphatic rings. The van der Waals surface area contributed by atoms with Crippen molar-refractivity contribution in [3.63, 3.8) is 0 Å². The third-order valence-corrected chi connectivity index (χ3v) is 2.65. The second kappa shape index (κ2) is 6.34. The molecule has 1 aromatic heterocycles. The van der Waals surface area contributed by atoms with Crippen LogP contribution < -0.4 is 10.1 Å². The molecule has 0 unspecified atom stereocenters. The summed E-state index contributed by atoms with van der Waals surface area (Å²) in [6, 6.07) is 12.3. The Balaban J connectivity index is 1.96. The van der Waals surface area contributed by atoms with Crippen molar-refractivity contribution in [3.8, 4) is 11.8 Å². The summed E-state index contributed by atoms with van der Waals surface area (Å²) < 4.78 is 5.35. The van der Waals surface area contributed by atoms with Gasteiger partial charge in [0.15, 0.2) is 6.61 Å². The number of benzene rings is 1. The minimum absolute atomic E-state index is 0.160. The average Bonchev–Trinajstić information content (AvgIpc) is 2.48. The second-order valence-corrected chi connectivity index (χ2v) is 4.08. The zero-order valence-corrected chi connectivity index (χ0v) is 11.0. The SMILES string of the molecule is Cc1ncccc1NC(=O)COc1ccccc1C#N. The molecule has 0 aliphatic heterocycles. The Hall–Kier alpha value is -2.87. The average molecular weight is 267 g/mol. The van der Waals surface area contributed by atoms with Crippen LogP contribution in [0.4, 0.5) is 5.69 Å². The van der Waals surface area contributed by atoms with Gasteiger partial charge in [0.05, 0.1) is 16.9 Å². The van der Waals surface area contributed by atoms with Gasteiger partial charge in [0.1, 0.15) is 11.8 Å².